The lowest BCUT2D eigenvalue weighted by Gasteiger charge is -2.28. The van der Waals surface area contributed by atoms with Gasteiger partial charge < -0.3 is 15.2 Å². The van der Waals surface area contributed by atoms with E-state index in [4.69, 9.17) is 4.98 Å². The summed E-state index contributed by atoms with van der Waals surface area (Å²) in [7, 11) is 0. The maximum absolute atomic E-state index is 12.6. The molecule has 10 heteroatoms. The van der Waals surface area contributed by atoms with E-state index in [2.05, 4.69) is 40.3 Å². The third-order valence-electron chi connectivity index (χ3n) is 7.77. The van der Waals surface area contributed by atoms with E-state index in [1.165, 1.54) is 19.3 Å². The van der Waals surface area contributed by atoms with Gasteiger partial charge in [0.25, 0.3) is 0 Å². The molecule has 5 aromatic heterocycles. The van der Waals surface area contributed by atoms with Crippen LogP contribution in [0.25, 0.3) is 44.8 Å². The van der Waals surface area contributed by atoms with Crippen LogP contribution in [0.2, 0.25) is 0 Å². The van der Waals surface area contributed by atoms with Gasteiger partial charge in [0, 0.05) is 48.7 Å². The van der Waals surface area contributed by atoms with E-state index in [-0.39, 0.29) is 11.8 Å². The Morgan fingerprint density at radius 2 is 1.79 bits per heavy atom. The lowest BCUT2D eigenvalue weighted by Crippen LogP contribution is -2.29. The largest absolute Gasteiger partial charge is 0.370 e. The number of aromatic nitrogens is 7. The zero-order valence-corrected chi connectivity index (χ0v) is 21.1. The molecule has 2 fully saturated rings. The molecule has 1 aliphatic heterocycles. The van der Waals surface area contributed by atoms with Crippen LogP contribution < -0.4 is 10.2 Å². The number of pyridine rings is 3. The van der Waals surface area contributed by atoms with Gasteiger partial charge in [-0.05, 0) is 50.3 Å². The normalized spacial score (nSPS) is 16.5. The van der Waals surface area contributed by atoms with E-state index in [0.29, 0.717) is 22.9 Å². The third-order valence-corrected chi connectivity index (χ3v) is 7.77. The number of anilines is 2. The highest BCUT2D eigenvalue weighted by Crippen LogP contribution is 2.32. The van der Waals surface area contributed by atoms with Gasteiger partial charge in [-0.3, -0.25) is 14.9 Å². The van der Waals surface area contributed by atoms with Crippen molar-refractivity contribution < 1.29 is 4.79 Å². The van der Waals surface area contributed by atoms with Gasteiger partial charge in [-0.15, -0.1) is 0 Å². The fourth-order valence-corrected chi connectivity index (χ4v) is 5.74. The summed E-state index contributed by atoms with van der Waals surface area (Å²) < 4.78 is 0. The lowest BCUT2D eigenvalue weighted by molar-refractivity contribution is -0.119. The number of rotatable bonds is 5. The Morgan fingerprint density at radius 3 is 2.66 bits per heavy atom. The number of imidazole rings is 1. The van der Waals surface area contributed by atoms with Gasteiger partial charge in [0.05, 0.1) is 23.0 Å². The molecule has 7 rings (SSSR count). The molecule has 0 spiro atoms. The molecule has 3 N–H and O–H groups in total. The summed E-state index contributed by atoms with van der Waals surface area (Å²) in [6.45, 7) is 2.07. The Kier molecular flexibility index (Phi) is 5.71. The number of nitrogens with zero attached hydrogens (tertiary/aromatic N) is 6. The zero-order chi connectivity index (χ0) is 25.5. The van der Waals surface area contributed by atoms with Crippen molar-refractivity contribution in [2.75, 3.05) is 23.3 Å². The van der Waals surface area contributed by atoms with E-state index in [1.807, 2.05) is 24.4 Å². The van der Waals surface area contributed by atoms with Crippen molar-refractivity contribution in [2.24, 2.45) is 5.92 Å². The predicted octanol–water partition coefficient (Wildman–Crippen LogP) is 5.08. The molecule has 1 amide bonds. The molecular weight excluding hydrogens is 478 g/mol. The average Bonchev–Trinajstić information content (AvgIpc) is 3.73. The molecule has 1 aliphatic carbocycles. The predicted molar refractivity (Wildman–Crippen MR) is 147 cm³/mol. The molecule has 2 aliphatic rings. The SMILES string of the molecule is O=C(Nc1cncc(-c2cnc3[nH]nc(-c4nc5c(N6CCCCC6)ccnc5[nH]4)c3c2)c1)C1CCCC1. The van der Waals surface area contributed by atoms with Crippen LogP contribution in [0.15, 0.2) is 43.0 Å². The molecule has 192 valence electrons. The summed E-state index contributed by atoms with van der Waals surface area (Å²) in [5.41, 5.74) is 6.53. The minimum Gasteiger partial charge on any atom is -0.370 e. The molecular formula is C28H29N9O. The summed E-state index contributed by atoms with van der Waals surface area (Å²) in [5.74, 6) is 0.825. The monoisotopic (exact) mass is 507 g/mol. The van der Waals surface area contributed by atoms with Crippen LogP contribution in [0.3, 0.4) is 0 Å². The van der Waals surface area contributed by atoms with E-state index in [9.17, 15) is 4.79 Å². The smallest absolute Gasteiger partial charge is 0.227 e. The zero-order valence-electron chi connectivity index (χ0n) is 21.1. The highest BCUT2D eigenvalue weighted by atomic mass is 16.1. The molecule has 1 saturated carbocycles. The molecule has 5 aromatic rings. The van der Waals surface area contributed by atoms with Gasteiger partial charge in [-0.25, -0.2) is 15.0 Å². The number of nitrogens with one attached hydrogen (secondary N) is 3. The Balaban J connectivity index is 1.22. The minimum absolute atomic E-state index is 0.0783. The highest BCUT2D eigenvalue weighted by Gasteiger charge is 2.23. The number of piperidine rings is 1. The number of hydrogen-bond donors (Lipinski definition) is 3. The van der Waals surface area contributed by atoms with Crippen molar-refractivity contribution in [2.45, 2.75) is 44.9 Å². The maximum atomic E-state index is 12.6. The third kappa shape index (κ3) is 4.15. The van der Waals surface area contributed by atoms with Crippen LogP contribution in [0.1, 0.15) is 44.9 Å². The van der Waals surface area contributed by atoms with Crippen LogP contribution in [-0.2, 0) is 4.79 Å². The van der Waals surface area contributed by atoms with Gasteiger partial charge >= 0.3 is 0 Å². The van der Waals surface area contributed by atoms with Crippen molar-refractivity contribution >= 4 is 39.5 Å². The average molecular weight is 508 g/mol. The van der Waals surface area contributed by atoms with E-state index < -0.39 is 0 Å². The summed E-state index contributed by atoms with van der Waals surface area (Å²) in [6, 6.07) is 6.03. The molecule has 0 unspecified atom stereocenters. The number of aromatic amines is 2. The fraction of sp³-hybridized carbons (Fsp3) is 0.357. The van der Waals surface area contributed by atoms with Gasteiger partial charge in [0.1, 0.15) is 11.2 Å². The van der Waals surface area contributed by atoms with Gasteiger partial charge in [0.2, 0.25) is 5.91 Å². The molecule has 0 atom stereocenters. The first-order valence-electron chi connectivity index (χ1n) is 13.4. The van der Waals surface area contributed by atoms with E-state index >= 15 is 0 Å². The van der Waals surface area contributed by atoms with Gasteiger partial charge in [-0.1, -0.05) is 12.8 Å². The first-order chi connectivity index (χ1) is 18.7. The maximum Gasteiger partial charge on any atom is 0.227 e. The van der Waals surface area contributed by atoms with Crippen molar-refractivity contribution in [1.29, 1.82) is 0 Å². The highest BCUT2D eigenvalue weighted by molar-refractivity contribution is 5.96. The molecule has 1 saturated heterocycles. The van der Waals surface area contributed by atoms with Crippen molar-refractivity contribution in [3.05, 3.63) is 43.0 Å². The molecule has 0 radical (unpaired) electrons. The van der Waals surface area contributed by atoms with Crippen molar-refractivity contribution in [1.82, 2.24) is 35.1 Å². The van der Waals surface area contributed by atoms with Crippen LogP contribution in [-0.4, -0.2) is 54.1 Å². The molecule has 38 heavy (non-hydrogen) atoms. The number of fused-ring (bicyclic) bond motifs is 2. The number of H-pyrrole nitrogens is 2. The number of carbonyl (C=O) groups excluding carboxylic acids is 1. The number of carbonyl (C=O) groups is 1. The Hall–Kier alpha value is -4.34. The standard InChI is InChI=1S/C28H29N9O/c38-28(17-6-2-3-7-17)32-20-12-18(14-29-16-20)19-13-21-23(35-36-25(21)31-15-19)27-33-24-22(8-9-30-26(24)34-27)37-10-4-1-5-11-37/h8-9,12-17H,1-7,10-11H2,(H,32,38)(H,30,33,34)(H,31,35,36). The first-order valence-corrected chi connectivity index (χ1v) is 13.4. The summed E-state index contributed by atoms with van der Waals surface area (Å²) >= 11 is 0. The summed E-state index contributed by atoms with van der Waals surface area (Å²) in [5, 5.41) is 11.5. The summed E-state index contributed by atoms with van der Waals surface area (Å²) in [4.78, 5) is 36.8. The van der Waals surface area contributed by atoms with E-state index in [1.54, 1.807) is 18.6 Å². The Bertz CT molecular complexity index is 1630. The second kappa shape index (κ2) is 9.51. The summed E-state index contributed by atoms with van der Waals surface area (Å²) in [6.07, 6.45) is 14.9. The lowest BCUT2D eigenvalue weighted by atomic mass is 10.1. The fourth-order valence-electron chi connectivity index (χ4n) is 5.74. The van der Waals surface area contributed by atoms with Gasteiger partial charge in [-0.2, -0.15) is 5.10 Å². The molecule has 0 bridgehead atoms. The van der Waals surface area contributed by atoms with Crippen molar-refractivity contribution in [3.8, 4) is 22.6 Å². The number of hydrogen-bond acceptors (Lipinski definition) is 7. The Labute approximate surface area is 219 Å². The quantitative estimate of drug-likeness (QED) is 0.303. The Morgan fingerprint density at radius 1 is 0.947 bits per heavy atom. The molecule has 6 heterocycles. The number of amides is 1. The topological polar surface area (TPSA) is 128 Å². The van der Waals surface area contributed by atoms with E-state index in [0.717, 1.165) is 72.1 Å². The molecule has 10 nitrogen and oxygen atoms in total. The van der Waals surface area contributed by atoms with Gasteiger partial charge in [0.15, 0.2) is 17.1 Å². The van der Waals surface area contributed by atoms with Crippen LogP contribution in [0, 0.1) is 5.92 Å². The second-order valence-electron chi connectivity index (χ2n) is 10.3. The van der Waals surface area contributed by atoms with Crippen molar-refractivity contribution in [3.63, 3.8) is 0 Å². The van der Waals surface area contributed by atoms with Crippen LogP contribution in [0.5, 0.6) is 0 Å². The van der Waals surface area contributed by atoms with Crippen LogP contribution in [0.4, 0.5) is 11.4 Å². The minimum atomic E-state index is 0.0783. The van der Waals surface area contributed by atoms with Crippen LogP contribution >= 0.6 is 0 Å². The molecule has 0 aromatic carbocycles. The second-order valence-corrected chi connectivity index (χ2v) is 10.3. The first kappa shape index (κ1) is 22.8.